The second-order valence-electron chi connectivity index (χ2n) is 5.95. The van der Waals surface area contributed by atoms with Crippen molar-refractivity contribution in [3.63, 3.8) is 0 Å². The SMILES string of the molecule is Cc1cc(Cl)ccc1OCCCC(=O)OCC(=O)Nc1ccccc1OC(F)F. The Balaban J connectivity index is 1.69. The summed E-state index contributed by atoms with van der Waals surface area (Å²) in [5.74, 6) is -0.756. The zero-order valence-electron chi connectivity index (χ0n) is 15.6. The number of carbonyl (C=O) groups excluding carboxylic acids is 2. The number of halogens is 3. The predicted octanol–water partition coefficient (Wildman–Crippen LogP) is 4.59. The largest absolute Gasteiger partial charge is 0.493 e. The molecule has 1 N–H and O–H groups in total. The summed E-state index contributed by atoms with van der Waals surface area (Å²) in [7, 11) is 0. The van der Waals surface area contributed by atoms with E-state index in [0.29, 0.717) is 23.8 Å². The van der Waals surface area contributed by atoms with Crippen LogP contribution in [0.5, 0.6) is 11.5 Å². The Morgan fingerprint density at radius 3 is 2.62 bits per heavy atom. The van der Waals surface area contributed by atoms with Gasteiger partial charge in [0.15, 0.2) is 6.61 Å². The first-order chi connectivity index (χ1) is 13.8. The molecule has 0 saturated heterocycles. The van der Waals surface area contributed by atoms with Gasteiger partial charge in [0.1, 0.15) is 11.5 Å². The van der Waals surface area contributed by atoms with Crippen molar-refractivity contribution in [2.45, 2.75) is 26.4 Å². The number of anilines is 1. The van der Waals surface area contributed by atoms with E-state index >= 15 is 0 Å². The summed E-state index contributed by atoms with van der Waals surface area (Å²) in [6.45, 7) is -1.41. The summed E-state index contributed by atoms with van der Waals surface area (Å²) in [6.07, 6.45) is 0.457. The van der Waals surface area contributed by atoms with Gasteiger partial charge in [-0.2, -0.15) is 8.78 Å². The molecule has 0 radical (unpaired) electrons. The van der Waals surface area contributed by atoms with Crippen LogP contribution < -0.4 is 14.8 Å². The second kappa shape index (κ2) is 11.2. The molecule has 9 heteroatoms. The second-order valence-corrected chi connectivity index (χ2v) is 6.38. The Bertz CT molecular complexity index is 847. The quantitative estimate of drug-likeness (QED) is 0.443. The van der Waals surface area contributed by atoms with E-state index in [9.17, 15) is 18.4 Å². The number of aryl methyl sites for hydroxylation is 1. The summed E-state index contributed by atoms with van der Waals surface area (Å²) >= 11 is 5.87. The van der Waals surface area contributed by atoms with E-state index in [0.717, 1.165) is 5.56 Å². The molecule has 0 saturated carbocycles. The first-order valence-electron chi connectivity index (χ1n) is 8.73. The van der Waals surface area contributed by atoms with E-state index in [1.165, 1.54) is 18.2 Å². The van der Waals surface area contributed by atoms with Crippen molar-refractivity contribution < 1.29 is 32.6 Å². The number of amides is 1. The van der Waals surface area contributed by atoms with Gasteiger partial charge in [-0.15, -0.1) is 0 Å². The third kappa shape index (κ3) is 7.95. The normalized spacial score (nSPS) is 10.5. The van der Waals surface area contributed by atoms with Crippen LogP contribution in [-0.2, 0) is 14.3 Å². The van der Waals surface area contributed by atoms with Gasteiger partial charge in [-0.25, -0.2) is 0 Å². The zero-order chi connectivity index (χ0) is 21.2. The van der Waals surface area contributed by atoms with Crippen molar-refractivity contribution in [2.75, 3.05) is 18.5 Å². The van der Waals surface area contributed by atoms with Crippen LogP contribution in [0.3, 0.4) is 0 Å². The molecule has 1 amide bonds. The maximum Gasteiger partial charge on any atom is 0.387 e. The summed E-state index contributed by atoms with van der Waals surface area (Å²) in [5, 5.41) is 2.97. The van der Waals surface area contributed by atoms with Gasteiger partial charge in [-0.05, 0) is 49.2 Å². The third-order valence-corrected chi connectivity index (χ3v) is 3.90. The van der Waals surface area contributed by atoms with Crippen LogP contribution in [0.25, 0.3) is 0 Å². The lowest BCUT2D eigenvalue weighted by Gasteiger charge is -2.12. The van der Waals surface area contributed by atoms with Gasteiger partial charge < -0.3 is 19.5 Å². The molecule has 0 aliphatic heterocycles. The fourth-order valence-electron chi connectivity index (χ4n) is 2.35. The van der Waals surface area contributed by atoms with Crippen LogP contribution in [0, 0.1) is 6.92 Å². The average Bonchev–Trinajstić information content (AvgIpc) is 2.66. The lowest BCUT2D eigenvalue weighted by Crippen LogP contribution is -2.21. The molecule has 2 rings (SSSR count). The fraction of sp³-hybridized carbons (Fsp3) is 0.300. The first-order valence-corrected chi connectivity index (χ1v) is 9.11. The number of alkyl halides is 2. The molecule has 156 valence electrons. The molecule has 2 aromatic carbocycles. The summed E-state index contributed by atoms with van der Waals surface area (Å²) in [4.78, 5) is 23.6. The predicted molar refractivity (Wildman–Crippen MR) is 104 cm³/mol. The summed E-state index contributed by atoms with van der Waals surface area (Å²) in [5.41, 5.74) is 0.938. The monoisotopic (exact) mass is 427 g/mol. The van der Waals surface area contributed by atoms with E-state index in [1.54, 1.807) is 24.3 Å². The molecule has 0 atom stereocenters. The van der Waals surface area contributed by atoms with Crippen LogP contribution in [0.2, 0.25) is 5.02 Å². The number of para-hydroxylation sites is 2. The van der Waals surface area contributed by atoms with E-state index in [-0.39, 0.29) is 17.9 Å². The van der Waals surface area contributed by atoms with Gasteiger partial charge in [0.25, 0.3) is 5.91 Å². The van der Waals surface area contributed by atoms with Gasteiger partial charge in [-0.1, -0.05) is 23.7 Å². The Kier molecular flexibility index (Phi) is 8.67. The maximum atomic E-state index is 12.4. The van der Waals surface area contributed by atoms with E-state index in [2.05, 4.69) is 10.1 Å². The molecule has 0 fully saturated rings. The molecule has 0 spiro atoms. The topological polar surface area (TPSA) is 73.9 Å². The molecule has 0 aliphatic rings. The minimum atomic E-state index is -3.02. The molecule has 0 bridgehead atoms. The number of hydrogen-bond donors (Lipinski definition) is 1. The summed E-state index contributed by atoms with van der Waals surface area (Å²) < 4.78 is 39.5. The fourth-order valence-corrected chi connectivity index (χ4v) is 2.57. The molecule has 0 aromatic heterocycles. The Hall–Kier alpha value is -2.87. The van der Waals surface area contributed by atoms with E-state index in [4.69, 9.17) is 21.1 Å². The number of carbonyl (C=O) groups is 2. The third-order valence-electron chi connectivity index (χ3n) is 3.66. The van der Waals surface area contributed by atoms with E-state index < -0.39 is 25.1 Å². The zero-order valence-corrected chi connectivity index (χ0v) is 16.4. The Morgan fingerprint density at radius 1 is 1.14 bits per heavy atom. The lowest BCUT2D eigenvalue weighted by atomic mass is 10.2. The van der Waals surface area contributed by atoms with Crippen molar-refractivity contribution in [1.29, 1.82) is 0 Å². The van der Waals surface area contributed by atoms with Gasteiger partial charge in [0.05, 0.1) is 12.3 Å². The molecule has 29 heavy (non-hydrogen) atoms. The van der Waals surface area contributed by atoms with Crippen LogP contribution in [0.4, 0.5) is 14.5 Å². The number of rotatable bonds is 10. The number of benzene rings is 2. The molecule has 2 aromatic rings. The highest BCUT2D eigenvalue weighted by Gasteiger charge is 2.13. The first kappa shape index (κ1) is 22.4. The van der Waals surface area contributed by atoms with Crippen molar-refractivity contribution in [3.05, 3.63) is 53.1 Å². The van der Waals surface area contributed by atoms with Crippen molar-refractivity contribution in [1.82, 2.24) is 0 Å². The minimum Gasteiger partial charge on any atom is -0.493 e. The van der Waals surface area contributed by atoms with Gasteiger partial charge >= 0.3 is 12.6 Å². The highest BCUT2D eigenvalue weighted by molar-refractivity contribution is 6.30. The van der Waals surface area contributed by atoms with Crippen LogP contribution in [-0.4, -0.2) is 31.7 Å². The minimum absolute atomic E-state index is 0.0561. The number of nitrogens with one attached hydrogen (secondary N) is 1. The van der Waals surface area contributed by atoms with Gasteiger partial charge in [0, 0.05) is 11.4 Å². The number of ether oxygens (including phenoxy) is 3. The molecular formula is C20H20ClF2NO5. The van der Waals surface area contributed by atoms with E-state index in [1.807, 2.05) is 6.92 Å². The smallest absolute Gasteiger partial charge is 0.387 e. The van der Waals surface area contributed by atoms with Crippen molar-refractivity contribution >= 4 is 29.2 Å². The van der Waals surface area contributed by atoms with Crippen molar-refractivity contribution in [3.8, 4) is 11.5 Å². The molecular weight excluding hydrogens is 408 g/mol. The molecule has 0 unspecified atom stereocenters. The highest BCUT2D eigenvalue weighted by atomic mass is 35.5. The Labute approximate surface area is 171 Å². The molecule has 6 nitrogen and oxygen atoms in total. The standard InChI is InChI=1S/C20H20ClF2NO5/c1-13-11-14(21)8-9-16(13)27-10-4-7-19(26)28-12-18(25)24-15-5-2-3-6-17(15)29-20(22)23/h2-3,5-6,8-9,11,20H,4,7,10,12H2,1H3,(H,24,25). The average molecular weight is 428 g/mol. The van der Waals surface area contributed by atoms with Crippen LogP contribution in [0.1, 0.15) is 18.4 Å². The van der Waals surface area contributed by atoms with Crippen LogP contribution >= 0.6 is 11.6 Å². The number of esters is 1. The van der Waals surface area contributed by atoms with Crippen molar-refractivity contribution in [2.24, 2.45) is 0 Å². The summed E-state index contributed by atoms with van der Waals surface area (Å²) in [6, 6.07) is 10.9. The lowest BCUT2D eigenvalue weighted by molar-refractivity contribution is -0.147. The van der Waals surface area contributed by atoms with Gasteiger partial charge in [0.2, 0.25) is 0 Å². The molecule has 0 aliphatic carbocycles. The van der Waals surface area contributed by atoms with Crippen LogP contribution in [0.15, 0.2) is 42.5 Å². The maximum absolute atomic E-state index is 12.4. The Morgan fingerprint density at radius 2 is 1.90 bits per heavy atom. The number of hydrogen-bond acceptors (Lipinski definition) is 5. The molecule has 0 heterocycles. The van der Waals surface area contributed by atoms with Gasteiger partial charge in [-0.3, -0.25) is 9.59 Å². The highest BCUT2D eigenvalue weighted by Crippen LogP contribution is 2.25.